The molecule has 178 valence electrons. The highest BCUT2D eigenvalue weighted by atomic mass is 35.5. The van der Waals surface area contributed by atoms with Crippen LogP contribution in [0.15, 0.2) is 12.1 Å². The highest BCUT2D eigenvalue weighted by Crippen LogP contribution is 2.41. The van der Waals surface area contributed by atoms with Crippen molar-refractivity contribution in [2.45, 2.75) is 64.3 Å². The highest BCUT2D eigenvalue weighted by Gasteiger charge is 2.42. The van der Waals surface area contributed by atoms with Gasteiger partial charge in [0.05, 0.1) is 33.4 Å². The van der Waals surface area contributed by atoms with E-state index in [1.807, 2.05) is 44.7 Å². The van der Waals surface area contributed by atoms with Gasteiger partial charge < -0.3 is 28.7 Å². The van der Waals surface area contributed by atoms with Crippen LogP contribution in [0.5, 0.6) is 11.5 Å². The molecule has 2 atom stereocenters. The average Bonchev–Trinajstić information content (AvgIpc) is 3.57. The zero-order chi connectivity index (χ0) is 23.6. The SMILES string of the molecule is COc1cc(C(C)N(C(=O)[C@H]2CN(C(=O)OC(C)(C)C)CCO2)C2CC2)cc(OC)c1Cl. The quantitative estimate of drug-likeness (QED) is 0.627. The minimum atomic E-state index is -0.740. The van der Waals surface area contributed by atoms with E-state index in [1.165, 1.54) is 0 Å². The highest BCUT2D eigenvalue weighted by molar-refractivity contribution is 6.33. The molecule has 3 rings (SSSR count). The number of hydrogen-bond donors (Lipinski definition) is 0. The van der Waals surface area contributed by atoms with E-state index in [9.17, 15) is 9.59 Å². The number of rotatable bonds is 6. The van der Waals surface area contributed by atoms with Gasteiger partial charge in [-0.05, 0) is 58.2 Å². The zero-order valence-electron chi connectivity index (χ0n) is 19.6. The predicted octanol–water partition coefficient (Wildman–Crippen LogP) is 4.05. The monoisotopic (exact) mass is 468 g/mol. The van der Waals surface area contributed by atoms with Crippen molar-refractivity contribution in [1.29, 1.82) is 0 Å². The van der Waals surface area contributed by atoms with Crippen molar-refractivity contribution in [2.24, 2.45) is 0 Å². The smallest absolute Gasteiger partial charge is 0.410 e. The zero-order valence-corrected chi connectivity index (χ0v) is 20.4. The number of ether oxygens (including phenoxy) is 4. The molecule has 0 radical (unpaired) electrons. The Labute approximate surface area is 194 Å². The van der Waals surface area contributed by atoms with Crippen LogP contribution in [0.3, 0.4) is 0 Å². The van der Waals surface area contributed by atoms with Gasteiger partial charge in [0.15, 0.2) is 6.10 Å². The minimum Gasteiger partial charge on any atom is -0.495 e. The first-order valence-electron chi connectivity index (χ1n) is 10.9. The number of amides is 2. The Hall–Kier alpha value is -2.19. The predicted molar refractivity (Wildman–Crippen MR) is 120 cm³/mol. The fraction of sp³-hybridized carbons (Fsp3) is 0.652. The van der Waals surface area contributed by atoms with Gasteiger partial charge in [0, 0.05) is 12.6 Å². The molecule has 8 nitrogen and oxygen atoms in total. The van der Waals surface area contributed by atoms with E-state index in [-0.39, 0.29) is 31.1 Å². The lowest BCUT2D eigenvalue weighted by Crippen LogP contribution is -2.54. The van der Waals surface area contributed by atoms with Crippen LogP contribution in [-0.2, 0) is 14.3 Å². The van der Waals surface area contributed by atoms with E-state index in [1.54, 1.807) is 19.1 Å². The molecule has 9 heteroatoms. The number of morpholine rings is 1. The van der Waals surface area contributed by atoms with E-state index in [4.69, 9.17) is 30.5 Å². The van der Waals surface area contributed by atoms with E-state index in [0.29, 0.717) is 23.1 Å². The molecule has 2 aliphatic rings. The Balaban J connectivity index is 1.80. The van der Waals surface area contributed by atoms with Crippen LogP contribution >= 0.6 is 11.6 Å². The lowest BCUT2D eigenvalue weighted by molar-refractivity contribution is -0.151. The van der Waals surface area contributed by atoms with Crippen LogP contribution in [0.25, 0.3) is 0 Å². The third kappa shape index (κ3) is 5.59. The molecule has 1 aromatic rings. The fourth-order valence-electron chi connectivity index (χ4n) is 3.79. The second-order valence-electron chi connectivity index (χ2n) is 9.18. The van der Waals surface area contributed by atoms with Crippen LogP contribution in [0.2, 0.25) is 5.02 Å². The number of nitrogens with zero attached hydrogens (tertiary/aromatic N) is 2. The van der Waals surface area contributed by atoms with Gasteiger partial charge >= 0.3 is 6.09 Å². The van der Waals surface area contributed by atoms with Crippen molar-refractivity contribution in [3.05, 3.63) is 22.7 Å². The van der Waals surface area contributed by atoms with Gasteiger partial charge in [0.2, 0.25) is 0 Å². The number of methoxy groups -OCH3 is 2. The minimum absolute atomic E-state index is 0.130. The van der Waals surface area contributed by atoms with Crippen molar-refractivity contribution in [1.82, 2.24) is 9.80 Å². The third-order valence-corrected chi connectivity index (χ3v) is 5.93. The summed E-state index contributed by atoms with van der Waals surface area (Å²) in [6.45, 7) is 8.26. The maximum Gasteiger partial charge on any atom is 0.410 e. The molecular weight excluding hydrogens is 436 g/mol. The average molecular weight is 469 g/mol. The van der Waals surface area contributed by atoms with Crippen LogP contribution in [0, 0.1) is 0 Å². The molecule has 32 heavy (non-hydrogen) atoms. The number of halogens is 1. The number of hydrogen-bond acceptors (Lipinski definition) is 6. The van der Waals surface area contributed by atoms with Crippen molar-refractivity contribution >= 4 is 23.6 Å². The summed E-state index contributed by atoms with van der Waals surface area (Å²) in [6, 6.07) is 3.53. The molecule has 1 unspecified atom stereocenters. The van der Waals surface area contributed by atoms with Crippen LogP contribution in [0.4, 0.5) is 4.79 Å². The van der Waals surface area contributed by atoms with Crippen LogP contribution in [-0.4, -0.2) is 73.5 Å². The number of carbonyl (C=O) groups excluding carboxylic acids is 2. The molecule has 1 heterocycles. The van der Waals surface area contributed by atoms with E-state index < -0.39 is 17.8 Å². The molecule has 1 saturated carbocycles. The molecule has 0 N–H and O–H groups in total. The van der Waals surface area contributed by atoms with Gasteiger partial charge in [-0.1, -0.05) is 11.6 Å². The summed E-state index contributed by atoms with van der Waals surface area (Å²) < 4.78 is 22.0. The molecule has 1 aliphatic heterocycles. The Bertz CT molecular complexity index is 826. The summed E-state index contributed by atoms with van der Waals surface area (Å²) in [5.74, 6) is 0.836. The Morgan fingerprint density at radius 1 is 1.19 bits per heavy atom. The Morgan fingerprint density at radius 3 is 2.28 bits per heavy atom. The summed E-state index contributed by atoms with van der Waals surface area (Å²) in [6.07, 6.45) is 0.688. The van der Waals surface area contributed by atoms with Gasteiger partial charge in [0.25, 0.3) is 5.91 Å². The van der Waals surface area contributed by atoms with E-state index in [2.05, 4.69) is 0 Å². The Morgan fingerprint density at radius 2 is 1.78 bits per heavy atom. The summed E-state index contributed by atoms with van der Waals surface area (Å²) in [5, 5.41) is 0.388. The van der Waals surface area contributed by atoms with Crippen LogP contribution in [0.1, 0.15) is 52.1 Å². The molecule has 0 aromatic heterocycles. The van der Waals surface area contributed by atoms with Crippen molar-refractivity contribution in [2.75, 3.05) is 33.9 Å². The van der Waals surface area contributed by atoms with Crippen molar-refractivity contribution in [3.8, 4) is 11.5 Å². The van der Waals surface area contributed by atoms with Crippen molar-refractivity contribution < 1.29 is 28.5 Å². The maximum absolute atomic E-state index is 13.6. The van der Waals surface area contributed by atoms with Gasteiger partial charge in [-0.2, -0.15) is 0 Å². The number of carbonyl (C=O) groups is 2. The molecule has 0 bridgehead atoms. The van der Waals surface area contributed by atoms with Gasteiger partial charge in [-0.25, -0.2) is 4.79 Å². The summed E-state index contributed by atoms with van der Waals surface area (Å²) in [5.41, 5.74) is 0.249. The molecule has 2 fully saturated rings. The fourth-order valence-corrected chi connectivity index (χ4v) is 4.05. The summed E-state index contributed by atoms with van der Waals surface area (Å²) in [4.78, 5) is 29.5. The topological polar surface area (TPSA) is 77.5 Å². The van der Waals surface area contributed by atoms with E-state index in [0.717, 1.165) is 18.4 Å². The van der Waals surface area contributed by atoms with E-state index >= 15 is 0 Å². The van der Waals surface area contributed by atoms with Crippen LogP contribution < -0.4 is 9.47 Å². The lowest BCUT2D eigenvalue weighted by atomic mass is 10.0. The second-order valence-corrected chi connectivity index (χ2v) is 9.56. The lowest BCUT2D eigenvalue weighted by Gasteiger charge is -2.38. The first-order chi connectivity index (χ1) is 15.1. The normalized spacial score (nSPS) is 19.8. The third-order valence-electron chi connectivity index (χ3n) is 5.56. The standard InChI is InChI=1S/C23H33ClN2O6/c1-14(15-11-17(29-5)20(24)18(12-15)30-6)26(16-7-8-16)21(27)19-13-25(9-10-31-19)22(28)32-23(2,3)4/h11-12,14,16,19H,7-10,13H2,1-6H3/t14?,19-/m1/s1. The van der Waals surface area contributed by atoms with Crippen molar-refractivity contribution in [3.63, 3.8) is 0 Å². The van der Waals surface area contributed by atoms with Gasteiger partial charge in [-0.3, -0.25) is 4.79 Å². The molecule has 0 spiro atoms. The molecule has 1 saturated heterocycles. The maximum atomic E-state index is 13.6. The number of benzene rings is 1. The molecule has 1 aromatic carbocycles. The second kappa shape index (κ2) is 9.75. The molecule has 1 aliphatic carbocycles. The Kier molecular flexibility index (Phi) is 7.45. The summed E-state index contributed by atoms with van der Waals surface area (Å²) >= 11 is 6.32. The van der Waals surface area contributed by atoms with Gasteiger partial charge in [-0.15, -0.1) is 0 Å². The first-order valence-corrected chi connectivity index (χ1v) is 11.3. The molecule has 2 amide bonds. The largest absolute Gasteiger partial charge is 0.495 e. The van der Waals surface area contributed by atoms with Gasteiger partial charge in [0.1, 0.15) is 22.1 Å². The summed E-state index contributed by atoms with van der Waals surface area (Å²) in [7, 11) is 3.08. The molecular formula is C23H33ClN2O6. The first kappa shape index (κ1) is 24.5.